The molecule has 0 aromatic heterocycles. The molecular formula is C24H29ClF3N3O4S. The lowest BCUT2D eigenvalue weighted by Gasteiger charge is -2.32. The number of amides is 2. The molecule has 2 aromatic rings. The summed E-state index contributed by atoms with van der Waals surface area (Å²) >= 11 is 6.25. The highest BCUT2D eigenvalue weighted by Gasteiger charge is 2.34. The number of nitrogens with zero attached hydrogens (tertiary/aromatic N) is 2. The van der Waals surface area contributed by atoms with E-state index in [4.69, 9.17) is 11.6 Å². The van der Waals surface area contributed by atoms with E-state index in [1.807, 2.05) is 6.92 Å². The summed E-state index contributed by atoms with van der Waals surface area (Å²) in [4.78, 5) is 27.5. The maximum atomic E-state index is 13.4. The summed E-state index contributed by atoms with van der Waals surface area (Å²) in [6.07, 6.45) is -3.27. The molecule has 7 nitrogen and oxygen atoms in total. The fraction of sp³-hybridized carbons (Fsp3) is 0.417. The highest BCUT2D eigenvalue weighted by atomic mass is 35.5. The maximum Gasteiger partial charge on any atom is 0.416 e. The van der Waals surface area contributed by atoms with E-state index >= 15 is 0 Å². The second-order valence-electron chi connectivity index (χ2n) is 8.42. The molecule has 2 amide bonds. The van der Waals surface area contributed by atoms with E-state index in [1.54, 1.807) is 31.2 Å². The number of anilines is 1. The Morgan fingerprint density at radius 3 is 2.28 bits per heavy atom. The fourth-order valence-corrected chi connectivity index (χ4v) is 4.35. The molecule has 0 spiro atoms. The van der Waals surface area contributed by atoms with Gasteiger partial charge < -0.3 is 10.2 Å². The van der Waals surface area contributed by atoms with Crippen molar-refractivity contribution in [3.8, 4) is 0 Å². The van der Waals surface area contributed by atoms with E-state index < -0.39 is 46.2 Å². The van der Waals surface area contributed by atoms with Crippen LogP contribution >= 0.6 is 11.6 Å². The van der Waals surface area contributed by atoms with Crippen LogP contribution in [-0.4, -0.2) is 50.0 Å². The molecule has 12 heteroatoms. The molecular weight excluding hydrogens is 519 g/mol. The number of carbonyl (C=O) groups is 2. The number of halogens is 4. The third-order valence-corrected chi connectivity index (χ3v) is 7.12. The van der Waals surface area contributed by atoms with E-state index in [2.05, 4.69) is 5.32 Å². The number of sulfonamides is 1. The number of benzene rings is 2. The van der Waals surface area contributed by atoms with Gasteiger partial charge in [0, 0.05) is 17.6 Å². The second-order valence-corrected chi connectivity index (χ2v) is 10.7. The van der Waals surface area contributed by atoms with E-state index in [9.17, 15) is 31.2 Å². The zero-order valence-corrected chi connectivity index (χ0v) is 21.9. The van der Waals surface area contributed by atoms with Crippen molar-refractivity contribution in [1.29, 1.82) is 0 Å². The highest BCUT2D eigenvalue weighted by molar-refractivity contribution is 7.92. The molecule has 0 heterocycles. The summed E-state index contributed by atoms with van der Waals surface area (Å²) in [6.45, 7) is 4.23. The van der Waals surface area contributed by atoms with Crippen LogP contribution in [0.2, 0.25) is 5.02 Å². The fourth-order valence-electron chi connectivity index (χ4n) is 3.31. The van der Waals surface area contributed by atoms with E-state index in [-0.39, 0.29) is 18.3 Å². The van der Waals surface area contributed by atoms with Gasteiger partial charge in [0.15, 0.2) is 0 Å². The van der Waals surface area contributed by atoms with Crippen molar-refractivity contribution in [2.24, 2.45) is 0 Å². The Kier molecular flexibility index (Phi) is 9.78. The smallest absolute Gasteiger partial charge is 0.352 e. The van der Waals surface area contributed by atoms with Gasteiger partial charge in [-0.3, -0.25) is 13.9 Å². The Morgan fingerprint density at radius 2 is 1.72 bits per heavy atom. The third kappa shape index (κ3) is 7.86. The van der Waals surface area contributed by atoms with Gasteiger partial charge in [-0.15, -0.1) is 0 Å². The van der Waals surface area contributed by atoms with Crippen molar-refractivity contribution >= 4 is 39.1 Å². The molecule has 198 valence electrons. The predicted octanol–water partition coefficient (Wildman–Crippen LogP) is 4.46. The first-order valence-electron chi connectivity index (χ1n) is 11.1. The van der Waals surface area contributed by atoms with Crippen LogP contribution in [0.25, 0.3) is 0 Å². The summed E-state index contributed by atoms with van der Waals surface area (Å²) in [5, 5.41) is 3.12. The van der Waals surface area contributed by atoms with Gasteiger partial charge in [-0.05, 0) is 50.1 Å². The lowest BCUT2D eigenvalue weighted by molar-refractivity contribution is -0.139. The highest BCUT2D eigenvalue weighted by Crippen LogP contribution is 2.32. The zero-order valence-electron chi connectivity index (χ0n) is 20.3. The predicted molar refractivity (Wildman–Crippen MR) is 133 cm³/mol. The Hall–Kier alpha value is -2.79. The van der Waals surface area contributed by atoms with Gasteiger partial charge in [0.2, 0.25) is 21.8 Å². The summed E-state index contributed by atoms with van der Waals surface area (Å²) in [5.41, 5.74) is -0.869. The number of hydrogen-bond donors (Lipinski definition) is 1. The van der Waals surface area contributed by atoms with Crippen LogP contribution in [0.4, 0.5) is 18.9 Å². The van der Waals surface area contributed by atoms with Crippen LogP contribution in [0.1, 0.15) is 38.3 Å². The van der Waals surface area contributed by atoms with Crippen molar-refractivity contribution in [3.05, 3.63) is 64.7 Å². The van der Waals surface area contributed by atoms with Gasteiger partial charge in [0.25, 0.3) is 0 Å². The Balaban J connectivity index is 2.45. The molecule has 0 saturated heterocycles. The lowest BCUT2D eigenvalue weighted by atomic mass is 10.1. The van der Waals surface area contributed by atoms with Crippen LogP contribution in [0.15, 0.2) is 48.5 Å². The van der Waals surface area contributed by atoms with Crippen LogP contribution in [0.3, 0.4) is 0 Å². The molecule has 0 saturated carbocycles. The zero-order chi connectivity index (χ0) is 27.3. The van der Waals surface area contributed by atoms with E-state index in [0.717, 1.165) is 23.3 Å². The Morgan fingerprint density at radius 1 is 1.08 bits per heavy atom. The lowest BCUT2D eigenvalue weighted by Crippen LogP contribution is -2.52. The van der Waals surface area contributed by atoms with Crippen molar-refractivity contribution in [2.45, 2.75) is 52.0 Å². The van der Waals surface area contributed by atoms with Gasteiger partial charge in [0.05, 0.1) is 17.5 Å². The number of alkyl halides is 3. The van der Waals surface area contributed by atoms with Crippen LogP contribution in [0, 0.1) is 0 Å². The molecule has 2 atom stereocenters. The average Bonchev–Trinajstić information content (AvgIpc) is 2.80. The van der Waals surface area contributed by atoms with E-state index in [1.165, 1.54) is 13.0 Å². The summed E-state index contributed by atoms with van der Waals surface area (Å²) in [6, 6.07) is 9.14. The van der Waals surface area contributed by atoms with Crippen molar-refractivity contribution < 1.29 is 31.2 Å². The van der Waals surface area contributed by atoms with Gasteiger partial charge in [-0.2, -0.15) is 13.2 Å². The maximum absolute atomic E-state index is 13.4. The second kappa shape index (κ2) is 12.0. The summed E-state index contributed by atoms with van der Waals surface area (Å²) < 4.78 is 65.3. The first-order chi connectivity index (χ1) is 16.6. The van der Waals surface area contributed by atoms with Crippen LogP contribution < -0.4 is 9.62 Å². The molecule has 1 N–H and O–H groups in total. The standard InChI is InChI=1S/C24H29ClF3N3O4S/c1-5-16(2)29-23(33)17(3)30(14-18-9-6-7-12-21(18)25)22(32)15-31(36(4,34)35)20-11-8-10-19(13-20)24(26,27)28/h6-13,16-17H,5,14-15H2,1-4H3,(H,29,33)/t16-,17-/m0/s1. The van der Waals surface area contributed by atoms with E-state index in [0.29, 0.717) is 27.4 Å². The first kappa shape index (κ1) is 29.4. The van der Waals surface area contributed by atoms with Gasteiger partial charge in [-0.25, -0.2) is 8.42 Å². The molecule has 2 aromatic carbocycles. The molecule has 0 radical (unpaired) electrons. The Bertz CT molecular complexity index is 1190. The first-order valence-corrected chi connectivity index (χ1v) is 13.4. The quantitative estimate of drug-likeness (QED) is 0.476. The SMILES string of the molecule is CC[C@H](C)NC(=O)[C@H](C)N(Cc1ccccc1Cl)C(=O)CN(c1cccc(C(F)(F)F)c1)S(C)(=O)=O. The molecule has 0 aliphatic carbocycles. The minimum absolute atomic E-state index is 0.117. The third-order valence-electron chi connectivity index (χ3n) is 5.61. The van der Waals surface area contributed by atoms with Crippen LogP contribution in [0.5, 0.6) is 0 Å². The summed E-state index contributed by atoms with van der Waals surface area (Å²) in [5.74, 6) is -1.25. The number of nitrogens with one attached hydrogen (secondary N) is 1. The molecule has 36 heavy (non-hydrogen) atoms. The minimum Gasteiger partial charge on any atom is -0.352 e. The monoisotopic (exact) mass is 547 g/mol. The van der Waals surface area contributed by atoms with Gasteiger partial charge >= 0.3 is 6.18 Å². The largest absolute Gasteiger partial charge is 0.416 e. The molecule has 0 unspecified atom stereocenters. The summed E-state index contributed by atoms with van der Waals surface area (Å²) in [7, 11) is -4.17. The van der Waals surface area contributed by atoms with Gasteiger partial charge in [-0.1, -0.05) is 42.8 Å². The number of carbonyl (C=O) groups excluding carboxylic acids is 2. The van der Waals surface area contributed by atoms with Crippen molar-refractivity contribution in [2.75, 3.05) is 17.1 Å². The average molecular weight is 548 g/mol. The van der Waals surface area contributed by atoms with Crippen molar-refractivity contribution in [1.82, 2.24) is 10.2 Å². The molecule has 0 aliphatic rings. The van der Waals surface area contributed by atoms with Crippen molar-refractivity contribution in [3.63, 3.8) is 0 Å². The van der Waals surface area contributed by atoms with Gasteiger partial charge in [0.1, 0.15) is 12.6 Å². The number of hydrogen-bond acceptors (Lipinski definition) is 4. The molecule has 2 rings (SSSR count). The molecule has 0 fully saturated rings. The number of rotatable bonds is 10. The molecule has 0 aliphatic heterocycles. The minimum atomic E-state index is -4.71. The normalized spacial score (nSPS) is 13.6. The van der Waals surface area contributed by atoms with Crippen LogP contribution in [-0.2, 0) is 32.3 Å². The Labute approximate surface area is 214 Å². The molecule has 0 bridgehead atoms. The topological polar surface area (TPSA) is 86.8 Å².